The number of nitrogens with one attached hydrogen (secondary N) is 1. The lowest BCUT2D eigenvalue weighted by Crippen LogP contribution is -2.14. The van der Waals surface area contributed by atoms with Crippen molar-refractivity contribution < 1.29 is 14.4 Å². The molecule has 0 heterocycles. The van der Waals surface area contributed by atoms with Gasteiger partial charge in [-0.1, -0.05) is 23.7 Å². The van der Waals surface area contributed by atoms with E-state index in [0.717, 1.165) is 19.3 Å². The molecule has 1 aliphatic rings. The predicted molar refractivity (Wildman–Crippen MR) is 107 cm³/mol. The van der Waals surface area contributed by atoms with E-state index >= 15 is 0 Å². The number of benzene rings is 2. The summed E-state index contributed by atoms with van der Waals surface area (Å²) < 4.78 is 0. The number of amides is 1. The minimum absolute atomic E-state index is 0.0397. The number of rotatable bonds is 6. The Labute approximate surface area is 163 Å². The van der Waals surface area contributed by atoms with Crippen molar-refractivity contribution in [2.24, 2.45) is 0 Å². The van der Waals surface area contributed by atoms with E-state index in [1.807, 2.05) is 18.2 Å². The summed E-state index contributed by atoms with van der Waals surface area (Å²) in [6, 6.07) is 10.6. The van der Waals surface area contributed by atoms with Gasteiger partial charge >= 0.3 is 0 Å². The molecule has 0 spiro atoms. The first-order valence-electron chi connectivity index (χ1n) is 9.19. The molecule has 2 aromatic rings. The van der Waals surface area contributed by atoms with Crippen LogP contribution in [0.4, 0.5) is 5.69 Å². The summed E-state index contributed by atoms with van der Waals surface area (Å²) in [5.74, 6) is -0.448. The lowest BCUT2D eigenvalue weighted by atomic mass is 9.89. The zero-order valence-corrected chi connectivity index (χ0v) is 16.1. The fourth-order valence-electron chi connectivity index (χ4n) is 3.33. The highest BCUT2D eigenvalue weighted by molar-refractivity contribution is 6.33. The number of Topliss-reactive ketones (excluding diaryl/α,β-unsaturated/α-hetero) is 2. The van der Waals surface area contributed by atoms with Gasteiger partial charge in [0.2, 0.25) is 5.91 Å². The largest absolute Gasteiger partial charge is 0.325 e. The maximum absolute atomic E-state index is 12.4. The molecule has 0 saturated heterocycles. The van der Waals surface area contributed by atoms with Crippen molar-refractivity contribution in [3.8, 4) is 0 Å². The third kappa shape index (κ3) is 4.83. The first-order chi connectivity index (χ1) is 12.9. The summed E-state index contributed by atoms with van der Waals surface area (Å²) in [5, 5.41) is 3.04. The SMILES string of the molecule is CC(=O)c1ccc(Cl)c(NC(=O)CCC(=O)c2ccc3c(c2)CCCC3)c1. The van der Waals surface area contributed by atoms with E-state index < -0.39 is 0 Å². The summed E-state index contributed by atoms with van der Waals surface area (Å²) in [6.45, 7) is 1.45. The Bertz CT molecular complexity index is 904. The van der Waals surface area contributed by atoms with Gasteiger partial charge in [0.05, 0.1) is 10.7 Å². The van der Waals surface area contributed by atoms with E-state index in [0.29, 0.717) is 21.8 Å². The molecule has 0 aromatic heterocycles. The van der Waals surface area contributed by atoms with Gasteiger partial charge in [0.25, 0.3) is 0 Å². The maximum Gasteiger partial charge on any atom is 0.224 e. The van der Waals surface area contributed by atoms with E-state index in [1.54, 1.807) is 18.2 Å². The highest BCUT2D eigenvalue weighted by Gasteiger charge is 2.15. The molecule has 140 valence electrons. The molecule has 0 fully saturated rings. The Morgan fingerprint density at radius 1 is 0.926 bits per heavy atom. The number of carbonyl (C=O) groups excluding carboxylic acids is 3. The summed E-state index contributed by atoms with van der Waals surface area (Å²) in [6.07, 6.45) is 4.65. The van der Waals surface area contributed by atoms with Crippen molar-refractivity contribution in [2.75, 3.05) is 5.32 Å². The molecule has 27 heavy (non-hydrogen) atoms. The molecule has 0 atom stereocenters. The van der Waals surface area contributed by atoms with Crippen molar-refractivity contribution in [2.45, 2.75) is 45.4 Å². The molecular formula is C22H22ClNO3. The van der Waals surface area contributed by atoms with Crippen molar-refractivity contribution in [1.82, 2.24) is 0 Å². The number of anilines is 1. The Morgan fingerprint density at radius 3 is 2.37 bits per heavy atom. The number of hydrogen-bond donors (Lipinski definition) is 1. The molecular weight excluding hydrogens is 362 g/mol. The van der Waals surface area contributed by atoms with Crippen LogP contribution in [0.1, 0.15) is 64.4 Å². The van der Waals surface area contributed by atoms with Gasteiger partial charge in [-0.3, -0.25) is 14.4 Å². The van der Waals surface area contributed by atoms with E-state index in [1.165, 1.54) is 24.5 Å². The summed E-state index contributed by atoms with van der Waals surface area (Å²) in [5.41, 5.74) is 4.11. The molecule has 2 aromatic carbocycles. The van der Waals surface area contributed by atoms with Crippen LogP contribution in [-0.2, 0) is 17.6 Å². The normalized spacial score (nSPS) is 13.0. The molecule has 0 aliphatic heterocycles. The summed E-state index contributed by atoms with van der Waals surface area (Å²) in [4.78, 5) is 36.1. The van der Waals surface area contributed by atoms with Crippen LogP contribution in [-0.4, -0.2) is 17.5 Å². The molecule has 0 radical (unpaired) electrons. The summed E-state index contributed by atoms with van der Waals surface area (Å²) >= 11 is 6.08. The van der Waals surface area contributed by atoms with Gasteiger partial charge in [-0.2, -0.15) is 0 Å². The van der Waals surface area contributed by atoms with Crippen LogP contribution >= 0.6 is 11.6 Å². The molecule has 5 heteroatoms. The molecule has 3 rings (SSSR count). The van der Waals surface area contributed by atoms with Crippen molar-refractivity contribution >= 4 is 34.8 Å². The van der Waals surface area contributed by atoms with E-state index in [9.17, 15) is 14.4 Å². The Morgan fingerprint density at radius 2 is 1.63 bits per heavy atom. The molecule has 0 saturated carbocycles. The Hall–Kier alpha value is -2.46. The van der Waals surface area contributed by atoms with E-state index in [-0.39, 0.29) is 30.3 Å². The van der Waals surface area contributed by atoms with Crippen LogP contribution in [0.2, 0.25) is 5.02 Å². The van der Waals surface area contributed by atoms with E-state index in [2.05, 4.69) is 5.32 Å². The van der Waals surface area contributed by atoms with Crippen LogP contribution in [0.25, 0.3) is 0 Å². The van der Waals surface area contributed by atoms with Crippen LogP contribution in [0.3, 0.4) is 0 Å². The highest BCUT2D eigenvalue weighted by atomic mass is 35.5. The van der Waals surface area contributed by atoms with E-state index in [4.69, 9.17) is 11.6 Å². The zero-order valence-electron chi connectivity index (χ0n) is 15.3. The van der Waals surface area contributed by atoms with Gasteiger partial charge in [-0.05, 0) is 68.0 Å². The minimum Gasteiger partial charge on any atom is -0.325 e. The van der Waals surface area contributed by atoms with Crippen molar-refractivity contribution in [1.29, 1.82) is 0 Å². The molecule has 0 unspecified atom stereocenters. The zero-order chi connectivity index (χ0) is 19.4. The number of halogens is 1. The highest BCUT2D eigenvalue weighted by Crippen LogP contribution is 2.25. The van der Waals surface area contributed by atoms with Gasteiger partial charge in [0.1, 0.15) is 0 Å². The molecule has 1 aliphatic carbocycles. The second-order valence-electron chi connectivity index (χ2n) is 6.91. The van der Waals surface area contributed by atoms with Gasteiger partial charge in [0, 0.05) is 24.0 Å². The van der Waals surface area contributed by atoms with Crippen LogP contribution in [0.15, 0.2) is 36.4 Å². The van der Waals surface area contributed by atoms with Crippen molar-refractivity contribution in [3.05, 3.63) is 63.7 Å². The third-order valence-corrected chi connectivity index (χ3v) is 5.23. The first-order valence-corrected chi connectivity index (χ1v) is 9.57. The molecule has 4 nitrogen and oxygen atoms in total. The van der Waals surface area contributed by atoms with Crippen LogP contribution < -0.4 is 5.32 Å². The number of carbonyl (C=O) groups is 3. The molecule has 0 bridgehead atoms. The Kier molecular flexibility index (Phi) is 6.07. The lowest BCUT2D eigenvalue weighted by Gasteiger charge is -2.16. The minimum atomic E-state index is -0.302. The smallest absolute Gasteiger partial charge is 0.224 e. The first kappa shape index (κ1) is 19.3. The number of hydrogen-bond acceptors (Lipinski definition) is 3. The van der Waals surface area contributed by atoms with Gasteiger partial charge < -0.3 is 5.32 Å². The van der Waals surface area contributed by atoms with Gasteiger partial charge in [0.15, 0.2) is 11.6 Å². The number of ketones is 2. The second-order valence-corrected chi connectivity index (χ2v) is 7.32. The number of aryl methyl sites for hydroxylation is 2. The molecule has 1 N–H and O–H groups in total. The summed E-state index contributed by atoms with van der Waals surface area (Å²) in [7, 11) is 0. The van der Waals surface area contributed by atoms with Crippen molar-refractivity contribution in [3.63, 3.8) is 0 Å². The van der Waals surface area contributed by atoms with Crippen LogP contribution in [0.5, 0.6) is 0 Å². The fraction of sp³-hybridized carbons (Fsp3) is 0.318. The standard InChI is InChI=1S/C22H22ClNO3/c1-14(25)16-8-9-19(23)20(13-16)24-22(27)11-10-21(26)18-7-6-15-4-2-3-5-17(15)12-18/h6-9,12-13H,2-5,10-11H2,1H3,(H,24,27). The average Bonchev–Trinajstić information content (AvgIpc) is 2.67. The number of fused-ring (bicyclic) bond motifs is 1. The average molecular weight is 384 g/mol. The Balaban J connectivity index is 1.60. The topological polar surface area (TPSA) is 63.2 Å². The second kappa shape index (κ2) is 8.49. The van der Waals surface area contributed by atoms with Gasteiger partial charge in [-0.15, -0.1) is 0 Å². The third-order valence-electron chi connectivity index (χ3n) is 4.90. The van der Waals surface area contributed by atoms with Gasteiger partial charge in [-0.25, -0.2) is 0 Å². The monoisotopic (exact) mass is 383 g/mol. The predicted octanol–water partition coefficient (Wildman–Crippen LogP) is 5.02. The lowest BCUT2D eigenvalue weighted by molar-refractivity contribution is -0.116. The quantitative estimate of drug-likeness (QED) is 0.712. The van der Waals surface area contributed by atoms with Crippen LogP contribution in [0, 0.1) is 0 Å². The fourth-order valence-corrected chi connectivity index (χ4v) is 3.50. The maximum atomic E-state index is 12.4. The molecule has 1 amide bonds.